The van der Waals surface area contributed by atoms with Crippen LogP contribution >= 0.6 is 0 Å². The number of benzene rings is 1. The molecule has 0 saturated heterocycles. The molecule has 0 saturated carbocycles. The maximum atomic E-state index is 11.8. The number of hydrogen-bond donors (Lipinski definition) is 1. The molecule has 1 N–H and O–H groups in total. The molecule has 0 fully saturated rings. The number of aromatic nitrogens is 1. The van der Waals surface area contributed by atoms with Crippen LogP contribution in [0.15, 0.2) is 35.1 Å². The van der Waals surface area contributed by atoms with Crippen molar-refractivity contribution in [2.45, 2.75) is 20.4 Å². The number of rotatable bonds is 3. The second-order valence-corrected chi connectivity index (χ2v) is 3.92. The van der Waals surface area contributed by atoms with Crippen molar-refractivity contribution in [3.05, 3.63) is 52.9 Å². The molecule has 0 radical (unpaired) electrons. The van der Waals surface area contributed by atoms with Gasteiger partial charge in [-0.1, -0.05) is 29.4 Å². The smallest absolute Gasteiger partial charge is 0.256 e. The van der Waals surface area contributed by atoms with E-state index in [-0.39, 0.29) is 5.91 Å². The maximum Gasteiger partial charge on any atom is 0.256 e. The van der Waals surface area contributed by atoms with Crippen LogP contribution in [-0.2, 0) is 6.54 Å². The number of aryl methyl sites for hydroxylation is 2. The second kappa shape index (κ2) is 4.82. The van der Waals surface area contributed by atoms with Gasteiger partial charge in [0.15, 0.2) is 0 Å². The minimum Gasteiger partial charge on any atom is -0.364 e. The molecule has 0 spiro atoms. The van der Waals surface area contributed by atoms with Gasteiger partial charge >= 0.3 is 0 Å². The first-order valence-electron chi connectivity index (χ1n) is 5.42. The van der Waals surface area contributed by atoms with E-state index in [0.717, 1.165) is 11.1 Å². The van der Waals surface area contributed by atoms with Gasteiger partial charge in [0.2, 0.25) is 0 Å². The molecule has 1 aromatic carbocycles. The van der Waals surface area contributed by atoms with Crippen LogP contribution in [0.2, 0.25) is 0 Å². The van der Waals surface area contributed by atoms with Gasteiger partial charge in [-0.2, -0.15) is 0 Å². The summed E-state index contributed by atoms with van der Waals surface area (Å²) >= 11 is 0. The lowest BCUT2D eigenvalue weighted by Gasteiger charge is -2.06. The Kier molecular flexibility index (Phi) is 3.23. The van der Waals surface area contributed by atoms with Crippen molar-refractivity contribution in [2.24, 2.45) is 0 Å². The highest BCUT2D eigenvalue weighted by Crippen LogP contribution is 2.08. The van der Waals surface area contributed by atoms with Crippen LogP contribution in [0.25, 0.3) is 0 Å². The Morgan fingerprint density at radius 3 is 2.76 bits per heavy atom. The monoisotopic (exact) mass is 230 g/mol. The second-order valence-electron chi connectivity index (χ2n) is 3.92. The zero-order valence-electron chi connectivity index (χ0n) is 9.86. The lowest BCUT2D eigenvalue weighted by molar-refractivity contribution is 0.0949. The zero-order chi connectivity index (χ0) is 12.3. The predicted octanol–water partition coefficient (Wildman–Crippen LogP) is 2.22. The summed E-state index contributed by atoms with van der Waals surface area (Å²) in [5.41, 5.74) is 3.36. The third-order valence-electron chi connectivity index (χ3n) is 2.70. The average Bonchev–Trinajstić information content (AvgIpc) is 2.74. The molecule has 17 heavy (non-hydrogen) atoms. The van der Waals surface area contributed by atoms with E-state index in [1.165, 1.54) is 6.26 Å². The molecule has 0 aliphatic heterocycles. The van der Waals surface area contributed by atoms with Crippen molar-refractivity contribution >= 4 is 5.91 Å². The number of carbonyl (C=O) groups excluding carboxylic acids is 1. The first kappa shape index (κ1) is 11.4. The fraction of sp³-hybridized carbons (Fsp3) is 0.231. The summed E-state index contributed by atoms with van der Waals surface area (Å²) in [6, 6.07) is 7.95. The molecule has 0 aliphatic carbocycles. The fourth-order valence-electron chi connectivity index (χ4n) is 1.59. The highest BCUT2D eigenvalue weighted by molar-refractivity contribution is 5.94. The van der Waals surface area contributed by atoms with Crippen LogP contribution in [0.3, 0.4) is 0 Å². The van der Waals surface area contributed by atoms with Gasteiger partial charge in [0.1, 0.15) is 11.8 Å². The highest BCUT2D eigenvalue weighted by Gasteiger charge is 2.12. The highest BCUT2D eigenvalue weighted by atomic mass is 16.5. The Morgan fingerprint density at radius 1 is 1.35 bits per heavy atom. The minimum atomic E-state index is -0.160. The van der Waals surface area contributed by atoms with E-state index in [1.807, 2.05) is 31.2 Å². The summed E-state index contributed by atoms with van der Waals surface area (Å²) in [5.74, 6) is -0.160. The number of nitrogens with one attached hydrogen (secondary N) is 1. The summed E-state index contributed by atoms with van der Waals surface area (Å²) < 4.78 is 4.73. The third-order valence-corrected chi connectivity index (χ3v) is 2.70. The first-order chi connectivity index (χ1) is 8.18. The van der Waals surface area contributed by atoms with Crippen molar-refractivity contribution in [3.8, 4) is 0 Å². The van der Waals surface area contributed by atoms with Crippen molar-refractivity contribution in [2.75, 3.05) is 0 Å². The van der Waals surface area contributed by atoms with E-state index >= 15 is 0 Å². The van der Waals surface area contributed by atoms with Crippen molar-refractivity contribution in [1.29, 1.82) is 0 Å². The van der Waals surface area contributed by atoms with Crippen LogP contribution < -0.4 is 5.32 Å². The summed E-state index contributed by atoms with van der Waals surface area (Å²) in [7, 11) is 0. The van der Waals surface area contributed by atoms with Crippen molar-refractivity contribution < 1.29 is 9.32 Å². The first-order valence-corrected chi connectivity index (χ1v) is 5.42. The summed E-state index contributed by atoms with van der Waals surface area (Å²) in [6.07, 6.45) is 1.36. The van der Waals surface area contributed by atoms with Gasteiger partial charge in [0.05, 0.1) is 5.69 Å². The summed E-state index contributed by atoms with van der Waals surface area (Å²) in [5, 5.41) is 6.52. The topological polar surface area (TPSA) is 55.1 Å². The van der Waals surface area contributed by atoms with Gasteiger partial charge in [0.25, 0.3) is 5.91 Å². The number of hydrogen-bond acceptors (Lipinski definition) is 3. The molecule has 0 atom stereocenters. The van der Waals surface area contributed by atoms with E-state index in [1.54, 1.807) is 6.92 Å². The molecule has 0 bridgehead atoms. The quantitative estimate of drug-likeness (QED) is 0.879. The van der Waals surface area contributed by atoms with Crippen molar-refractivity contribution in [3.63, 3.8) is 0 Å². The average molecular weight is 230 g/mol. The van der Waals surface area contributed by atoms with Crippen LogP contribution in [-0.4, -0.2) is 11.1 Å². The van der Waals surface area contributed by atoms with Gasteiger partial charge in [-0.25, -0.2) is 0 Å². The largest absolute Gasteiger partial charge is 0.364 e. The molecule has 88 valence electrons. The van der Waals surface area contributed by atoms with Gasteiger partial charge in [0, 0.05) is 6.54 Å². The molecular formula is C13H14N2O2. The Hall–Kier alpha value is -2.10. The van der Waals surface area contributed by atoms with Gasteiger partial charge in [-0.05, 0) is 25.0 Å². The molecule has 1 aromatic heterocycles. The predicted molar refractivity (Wildman–Crippen MR) is 63.6 cm³/mol. The standard InChI is InChI=1S/C13H14N2O2/c1-9-5-3-4-6-11(9)7-14-13(16)12-8-17-15-10(12)2/h3-6,8H,7H2,1-2H3,(H,14,16). The van der Waals surface area contributed by atoms with E-state index < -0.39 is 0 Å². The Balaban J connectivity index is 2.02. The maximum absolute atomic E-state index is 11.8. The van der Waals surface area contributed by atoms with Crippen LogP contribution in [0, 0.1) is 13.8 Å². The Bertz CT molecular complexity index is 532. The molecular weight excluding hydrogens is 216 g/mol. The van der Waals surface area contributed by atoms with Crippen LogP contribution in [0.1, 0.15) is 27.2 Å². The van der Waals surface area contributed by atoms with E-state index in [2.05, 4.69) is 10.5 Å². The molecule has 1 amide bonds. The molecule has 4 heteroatoms. The van der Waals surface area contributed by atoms with Gasteiger partial charge < -0.3 is 9.84 Å². The number of amides is 1. The van der Waals surface area contributed by atoms with E-state index in [9.17, 15) is 4.79 Å². The Morgan fingerprint density at radius 2 is 2.12 bits per heavy atom. The normalized spacial score (nSPS) is 10.2. The van der Waals surface area contributed by atoms with Crippen molar-refractivity contribution in [1.82, 2.24) is 10.5 Å². The molecule has 1 heterocycles. The van der Waals surface area contributed by atoms with Gasteiger partial charge in [-0.15, -0.1) is 0 Å². The molecule has 2 rings (SSSR count). The number of nitrogens with zero attached hydrogens (tertiary/aromatic N) is 1. The molecule has 2 aromatic rings. The van der Waals surface area contributed by atoms with E-state index in [4.69, 9.17) is 4.52 Å². The fourth-order valence-corrected chi connectivity index (χ4v) is 1.59. The minimum absolute atomic E-state index is 0.160. The third kappa shape index (κ3) is 2.53. The summed E-state index contributed by atoms with van der Waals surface area (Å²) in [6.45, 7) is 4.27. The van der Waals surface area contributed by atoms with E-state index in [0.29, 0.717) is 17.8 Å². The van der Waals surface area contributed by atoms with Crippen LogP contribution in [0.4, 0.5) is 0 Å². The SMILES string of the molecule is Cc1ccccc1CNC(=O)c1conc1C. The van der Waals surface area contributed by atoms with Gasteiger partial charge in [-0.3, -0.25) is 4.79 Å². The number of carbonyl (C=O) groups is 1. The molecule has 4 nitrogen and oxygen atoms in total. The molecule has 0 aliphatic rings. The lowest BCUT2D eigenvalue weighted by Crippen LogP contribution is -2.23. The van der Waals surface area contributed by atoms with Crippen LogP contribution in [0.5, 0.6) is 0 Å². The molecule has 0 unspecified atom stereocenters. The zero-order valence-corrected chi connectivity index (χ0v) is 9.86. The summed E-state index contributed by atoms with van der Waals surface area (Å²) in [4.78, 5) is 11.8. The lowest BCUT2D eigenvalue weighted by atomic mass is 10.1. The Labute approximate surface area is 99.6 Å².